The van der Waals surface area contributed by atoms with Crippen LogP contribution in [0.15, 0.2) is 40.9 Å². The molecule has 0 aromatic heterocycles. The fourth-order valence-electron chi connectivity index (χ4n) is 1.79. The Hall–Kier alpha value is -1.56. The van der Waals surface area contributed by atoms with Gasteiger partial charge in [-0.05, 0) is 36.4 Å². The van der Waals surface area contributed by atoms with Gasteiger partial charge >= 0.3 is 5.97 Å². The van der Waals surface area contributed by atoms with Crippen LogP contribution < -0.4 is 5.32 Å². The van der Waals surface area contributed by atoms with Gasteiger partial charge in [-0.25, -0.2) is 4.79 Å². The standard InChI is InChI=1S/C15H10BrCl2NO3/c1-22-15(21)12-3-2-9(16)6-13(12)19-14(20)8-4-10(17)7-11(18)5-8/h2-7H,1H3,(H,19,20). The highest BCUT2D eigenvalue weighted by Crippen LogP contribution is 2.24. The number of carbonyl (C=O) groups is 2. The molecule has 2 aromatic rings. The third-order valence-electron chi connectivity index (χ3n) is 2.76. The van der Waals surface area contributed by atoms with Crippen LogP contribution in [0.5, 0.6) is 0 Å². The van der Waals surface area contributed by atoms with Gasteiger partial charge in [0, 0.05) is 20.1 Å². The number of methoxy groups -OCH3 is 1. The third kappa shape index (κ3) is 4.00. The number of hydrogen-bond donors (Lipinski definition) is 1. The molecule has 0 aliphatic rings. The van der Waals surface area contributed by atoms with E-state index >= 15 is 0 Å². The Labute approximate surface area is 145 Å². The molecule has 22 heavy (non-hydrogen) atoms. The quantitative estimate of drug-likeness (QED) is 0.750. The fraction of sp³-hybridized carbons (Fsp3) is 0.0667. The van der Waals surface area contributed by atoms with Crippen LogP contribution in [0.25, 0.3) is 0 Å². The molecule has 0 saturated carbocycles. The zero-order valence-corrected chi connectivity index (χ0v) is 14.4. The van der Waals surface area contributed by atoms with E-state index in [2.05, 4.69) is 21.2 Å². The maximum absolute atomic E-state index is 12.3. The van der Waals surface area contributed by atoms with Gasteiger partial charge in [0.15, 0.2) is 0 Å². The van der Waals surface area contributed by atoms with Gasteiger partial charge in [-0.1, -0.05) is 39.1 Å². The fourth-order valence-corrected chi connectivity index (χ4v) is 2.67. The number of carbonyl (C=O) groups excluding carboxylic acids is 2. The number of ether oxygens (including phenoxy) is 1. The van der Waals surface area contributed by atoms with Gasteiger partial charge in [0.2, 0.25) is 0 Å². The molecular formula is C15H10BrCl2NO3. The molecular weight excluding hydrogens is 393 g/mol. The lowest BCUT2D eigenvalue weighted by Crippen LogP contribution is -2.15. The van der Waals surface area contributed by atoms with Crippen molar-refractivity contribution in [3.05, 3.63) is 62.0 Å². The van der Waals surface area contributed by atoms with E-state index in [1.54, 1.807) is 18.2 Å². The van der Waals surface area contributed by atoms with E-state index in [0.717, 1.165) is 0 Å². The first-order valence-electron chi connectivity index (χ1n) is 6.06. The molecule has 2 rings (SSSR count). The van der Waals surface area contributed by atoms with Crippen molar-refractivity contribution >= 4 is 56.7 Å². The minimum absolute atomic E-state index is 0.243. The first-order chi connectivity index (χ1) is 10.4. The van der Waals surface area contributed by atoms with Crippen molar-refractivity contribution < 1.29 is 14.3 Å². The molecule has 0 fully saturated rings. The number of amides is 1. The van der Waals surface area contributed by atoms with Crippen molar-refractivity contribution in [2.24, 2.45) is 0 Å². The molecule has 4 nitrogen and oxygen atoms in total. The summed E-state index contributed by atoms with van der Waals surface area (Å²) in [4.78, 5) is 24.0. The number of halogens is 3. The summed E-state index contributed by atoms with van der Waals surface area (Å²) in [7, 11) is 1.27. The van der Waals surface area contributed by atoms with Gasteiger partial charge in [0.25, 0.3) is 5.91 Å². The summed E-state index contributed by atoms with van der Waals surface area (Å²) in [5.41, 5.74) is 0.850. The van der Waals surface area contributed by atoms with Crippen molar-refractivity contribution in [2.75, 3.05) is 12.4 Å². The lowest BCUT2D eigenvalue weighted by molar-refractivity contribution is 0.0602. The van der Waals surface area contributed by atoms with Gasteiger partial charge in [-0.15, -0.1) is 0 Å². The maximum Gasteiger partial charge on any atom is 0.339 e. The van der Waals surface area contributed by atoms with Crippen molar-refractivity contribution in [3.63, 3.8) is 0 Å². The van der Waals surface area contributed by atoms with Crippen LogP contribution in [0.1, 0.15) is 20.7 Å². The lowest BCUT2D eigenvalue weighted by atomic mass is 10.1. The van der Waals surface area contributed by atoms with E-state index in [0.29, 0.717) is 20.2 Å². The van der Waals surface area contributed by atoms with Crippen LogP contribution in [0.2, 0.25) is 10.0 Å². The van der Waals surface area contributed by atoms with Crippen LogP contribution in [0, 0.1) is 0 Å². The molecule has 1 N–H and O–H groups in total. The van der Waals surface area contributed by atoms with E-state index in [4.69, 9.17) is 27.9 Å². The highest BCUT2D eigenvalue weighted by atomic mass is 79.9. The first-order valence-corrected chi connectivity index (χ1v) is 7.61. The summed E-state index contributed by atoms with van der Waals surface area (Å²) < 4.78 is 5.40. The smallest absolute Gasteiger partial charge is 0.339 e. The Kier molecular flexibility index (Phi) is 5.45. The molecule has 0 bridgehead atoms. The largest absolute Gasteiger partial charge is 0.465 e. The van der Waals surface area contributed by atoms with Crippen LogP contribution >= 0.6 is 39.1 Å². The topological polar surface area (TPSA) is 55.4 Å². The normalized spacial score (nSPS) is 10.2. The zero-order valence-electron chi connectivity index (χ0n) is 11.3. The predicted molar refractivity (Wildman–Crippen MR) is 89.9 cm³/mol. The summed E-state index contributed by atoms with van der Waals surface area (Å²) in [5, 5.41) is 3.34. The summed E-state index contributed by atoms with van der Waals surface area (Å²) >= 11 is 15.1. The summed E-state index contributed by atoms with van der Waals surface area (Å²) in [6, 6.07) is 9.33. The number of benzene rings is 2. The first kappa shape index (κ1) is 16.8. The average Bonchev–Trinajstić information content (AvgIpc) is 2.45. The maximum atomic E-state index is 12.3. The van der Waals surface area contributed by atoms with E-state index in [1.165, 1.54) is 25.3 Å². The zero-order chi connectivity index (χ0) is 16.3. The lowest BCUT2D eigenvalue weighted by Gasteiger charge is -2.11. The number of rotatable bonds is 3. The second-order valence-electron chi connectivity index (χ2n) is 4.29. The Morgan fingerprint density at radius 2 is 1.73 bits per heavy atom. The molecule has 2 aromatic carbocycles. The van der Waals surface area contributed by atoms with Crippen LogP contribution in [-0.4, -0.2) is 19.0 Å². The summed E-state index contributed by atoms with van der Waals surface area (Å²) in [5.74, 6) is -0.987. The van der Waals surface area contributed by atoms with Crippen molar-refractivity contribution in [1.82, 2.24) is 0 Å². The molecule has 0 spiro atoms. The van der Waals surface area contributed by atoms with Crippen molar-refractivity contribution in [3.8, 4) is 0 Å². The van der Waals surface area contributed by atoms with E-state index < -0.39 is 11.9 Å². The molecule has 0 unspecified atom stereocenters. The van der Waals surface area contributed by atoms with Gasteiger partial charge in [0.05, 0.1) is 18.4 Å². The second kappa shape index (κ2) is 7.13. The molecule has 1 amide bonds. The van der Waals surface area contributed by atoms with E-state index in [9.17, 15) is 9.59 Å². The Bertz CT molecular complexity index is 729. The Balaban J connectivity index is 2.35. The van der Waals surface area contributed by atoms with E-state index in [1.807, 2.05) is 0 Å². The van der Waals surface area contributed by atoms with Crippen LogP contribution in [0.4, 0.5) is 5.69 Å². The summed E-state index contributed by atoms with van der Waals surface area (Å²) in [6.45, 7) is 0. The molecule has 114 valence electrons. The average molecular weight is 403 g/mol. The van der Waals surface area contributed by atoms with Crippen LogP contribution in [-0.2, 0) is 4.74 Å². The number of hydrogen-bond acceptors (Lipinski definition) is 3. The van der Waals surface area contributed by atoms with Gasteiger partial charge in [0.1, 0.15) is 0 Å². The summed E-state index contributed by atoms with van der Waals surface area (Å²) in [6.07, 6.45) is 0. The van der Waals surface area contributed by atoms with Gasteiger partial charge < -0.3 is 10.1 Å². The van der Waals surface area contributed by atoms with Gasteiger partial charge in [-0.3, -0.25) is 4.79 Å². The SMILES string of the molecule is COC(=O)c1ccc(Br)cc1NC(=O)c1cc(Cl)cc(Cl)c1. The van der Waals surface area contributed by atoms with Crippen molar-refractivity contribution in [2.45, 2.75) is 0 Å². The minimum atomic E-state index is -0.549. The van der Waals surface area contributed by atoms with E-state index in [-0.39, 0.29) is 11.1 Å². The highest BCUT2D eigenvalue weighted by molar-refractivity contribution is 9.10. The number of esters is 1. The Morgan fingerprint density at radius 1 is 1.09 bits per heavy atom. The highest BCUT2D eigenvalue weighted by Gasteiger charge is 2.16. The monoisotopic (exact) mass is 401 g/mol. The molecule has 0 heterocycles. The van der Waals surface area contributed by atoms with Crippen molar-refractivity contribution in [1.29, 1.82) is 0 Å². The number of nitrogens with one attached hydrogen (secondary N) is 1. The molecule has 0 radical (unpaired) electrons. The molecule has 0 aliphatic carbocycles. The number of anilines is 1. The molecule has 0 aliphatic heterocycles. The molecule has 7 heteroatoms. The van der Waals surface area contributed by atoms with Gasteiger partial charge in [-0.2, -0.15) is 0 Å². The minimum Gasteiger partial charge on any atom is -0.465 e. The second-order valence-corrected chi connectivity index (χ2v) is 6.08. The van der Waals surface area contributed by atoms with Crippen LogP contribution in [0.3, 0.4) is 0 Å². The molecule has 0 atom stereocenters. The third-order valence-corrected chi connectivity index (χ3v) is 3.69. The Morgan fingerprint density at radius 3 is 2.32 bits per heavy atom. The molecule has 0 saturated heterocycles. The predicted octanol–water partition coefficient (Wildman–Crippen LogP) is 4.79.